The van der Waals surface area contributed by atoms with Crippen LogP contribution in [0.2, 0.25) is 0 Å². The Balaban J connectivity index is 1.71. The fourth-order valence-electron chi connectivity index (χ4n) is 3.11. The summed E-state index contributed by atoms with van der Waals surface area (Å²) in [7, 11) is 0. The van der Waals surface area contributed by atoms with E-state index in [1.54, 1.807) is 11.8 Å². The molecule has 0 N–H and O–H groups in total. The molecule has 3 rings (SSSR count). The summed E-state index contributed by atoms with van der Waals surface area (Å²) in [6, 6.07) is 20.8. The third-order valence-corrected chi connectivity index (χ3v) is 6.96. The van der Waals surface area contributed by atoms with Crippen LogP contribution in [0.25, 0.3) is 0 Å². The summed E-state index contributed by atoms with van der Waals surface area (Å²) in [5.74, 6) is 2.04. The van der Waals surface area contributed by atoms with E-state index in [0.29, 0.717) is 0 Å². The first-order valence-corrected chi connectivity index (χ1v) is 11.3. The van der Waals surface area contributed by atoms with E-state index in [1.165, 1.54) is 48.3 Å². The number of thioether (sulfide) groups is 2. The van der Waals surface area contributed by atoms with Gasteiger partial charge in [0.1, 0.15) is 5.04 Å². The Morgan fingerprint density at radius 2 is 1.62 bits per heavy atom. The maximum absolute atomic E-state index is 4.95. The van der Waals surface area contributed by atoms with Gasteiger partial charge in [0.2, 0.25) is 0 Å². The van der Waals surface area contributed by atoms with Crippen LogP contribution in [-0.4, -0.2) is 10.8 Å². The zero-order chi connectivity index (χ0) is 18.0. The summed E-state index contributed by atoms with van der Waals surface area (Å²) < 4.78 is 0. The van der Waals surface area contributed by atoms with Crippen LogP contribution in [-0.2, 0) is 0 Å². The normalized spacial score (nSPS) is 16.7. The van der Waals surface area contributed by atoms with Gasteiger partial charge < -0.3 is 0 Å². The molecule has 1 fully saturated rings. The minimum Gasteiger partial charge on any atom is -0.242 e. The second-order valence-corrected chi connectivity index (χ2v) is 8.75. The topological polar surface area (TPSA) is 12.4 Å². The molecule has 0 aliphatic heterocycles. The average Bonchev–Trinajstić information content (AvgIpc) is 2.71. The number of hydrogen-bond acceptors (Lipinski definition) is 3. The van der Waals surface area contributed by atoms with E-state index in [-0.39, 0.29) is 0 Å². The van der Waals surface area contributed by atoms with Crippen LogP contribution in [0.5, 0.6) is 0 Å². The van der Waals surface area contributed by atoms with Crippen LogP contribution in [0.15, 0.2) is 81.5 Å². The minimum absolute atomic E-state index is 0.851. The number of benzene rings is 2. The van der Waals surface area contributed by atoms with Gasteiger partial charge in [-0.1, -0.05) is 67.4 Å². The average molecular weight is 382 g/mol. The maximum atomic E-state index is 4.95. The van der Waals surface area contributed by atoms with E-state index < -0.39 is 0 Å². The van der Waals surface area contributed by atoms with Crippen LogP contribution >= 0.6 is 23.5 Å². The van der Waals surface area contributed by atoms with Gasteiger partial charge >= 0.3 is 0 Å². The lowest BCUT2D eigenvalue weighted by Gasteiger charge is -2.21. The van der Waals surface area contributed by atoms with E-state index in [1.807, 2.05) is 17.8 Å². The van der Waals surface area contributed by atoms with Gasteiger partial charge in [0, 0.05) is 10.6 Å². The van der Waals surface area contributed by atoms with Crippen molar-refractivity contribution >= 4 is 34.3 Å². The van der Waals surface area contributed by atoms with Gasteiger partial charge in [-0.15, -0.1) is 11.8 Å². The van der Waals surface area contributed by atoms with Crippen molar-refractivity contribution in [3.05, 3.63) is 71.6 Å². The van der Waals surface area contributed by atoms with E-state index in [9.17, 15) is 0 Å². The van der Waals surface area contributed by atoms with Crippen molar-refractivity contribution < 1.29 is 0 Å². The number of nitrogens with zero attached hydrogens (tertiary/aromatic N) is 1. The van der Waals surface area contributed by atoms with Crippen molar-refractivity contribution in [1.29, 1.82) is 0 Å². The molecule has 1 aliphatic carbocycles. The Kier molecular flexibility index (Phi) is 7.90. The highest BCUT2D eigenvalue weighted by Crippen LogP contribution is 2.30. The van der Waals surface area contributed by atoms with Crippen LogP contribution in [0.1, 0.15) is 39.0 Å². The van der Waals surface area contributed by atoms with Crippen LogP contribution in [0, 0.1) is 5.92 Å². The molecular weight excluding hydrogens is 354 g/mol. The molecule has 0 bridgehead atoms. The molecule has 2 aromatic carbocycles. The third kappa shape index (κ3) is 6.37. The first kappa shape index (κ1) is 19.3. The van der Waals surface area contributed by atoms with Crippen LogP contribution < -0.4 is 0 Å². The quantitative estimate of drug-likeness (QED) is 0.288. The monoisotopic (exact) mass is 381 g/mol. The van der Waals surface area contributed by atoms with Crippen molar-refractivity contribution in [3.8, 4) is 0 Å². The molecule has 1 aliphatic rings. The van der Waals surface area contributed by atoms with Crippen molar-refractivity contribution in [2.45, 2.75) is 43.9 Å². The Hall–Kier alpha value is -1.45. The molecule has 0 saturated heterocycles. The number of hydrogen-bond donors (Lipinski definition) is 0. The molecule has 2 aromatic rings. The van der Waals surface area contributed by atoms with Gasteiger partial charge in [0.25, 0.3) is 0 Å². The van der Waals surface area contributed by atoms with Crippen molar-refractivity contribution in [1.82, 2.24) is 0 Å². The molecule has 0 heterocycles. The molecule has 26 heavy (non-hydrogen) atoms. The Bertz CT molecular complexity index is 716. The Morgan fingerprint density at radius 3 is 2.31 bits per heavy atom. The highest BCUT2D eigenvalue weighted by atomic mass is 32.2. The van der Waals surface area contributed by atoms with E-state index >= 15 is 0 Å². The second kappa shape index (κ2) is 10.6. The summed E-state index contributed by atoms with van der Waals surface area (Å²) in [6.45, 7) is 2.19. The summed E-state index contributed by atoms with van der Waals surface area (Å²) in [6.07, 6.45) is 6.98. The maximum Gasteiger partial charge on any atom is 0.100 e. The highest BCUT2D eigenvalue weighted by molar-refractivity contribution is 8.14. The van der Waals surface area contributed by atoms with Gasteiger partial charge in [0.15, 0.2) is 0 Å². The van der Waals surface area contributed by atoms with Crippen LogP contribution in [0.4, 0.5) is 5.69 Å². The first-order valence-electron chi connectivity index (χ1n) is 9.46. The molecule has 0 radical (unpaired) electrons. The highest BCUT2D eigenvalue weighted by Gasteiger charge is 2.15. The van der Waals surface area contributed by atoms with Crippen molar-refractivity contribution in [3.63, 3.8) is 0 Å². The lowest BCUT2D eigenvalue weighted by Crippen LogP contribution is -2.10. The predicted molar refractivity (Wildman–Crippen MR) is 119 cm³/mol. The standard InChI is InChI=1S/C23H27NS2/c1-19(17-25-22-15-9-4-10-16-22)23(24-21-13-7-3-8-14-21)26-18-20-11-5-2-6-12-20/h3-4,7-10,13-17,20H,2,5-6,11-12,18H2,1H3/b19-17+,24-23+. The summed E-state index contributed by atoms with van der Waals surface area (Å²) in [5, 5.41) is 3.40. The number of para-hydroxylation sites is 1. The smallest absolute Gasteiger partial charge is 0.100 e. The van der Waals surface area contributed by atoms with Gasteiger partial charge in [-0.05, 0) is 60.9 Å². The van der Waals surface area contributed by atoms with Gasteiger partial charge in [-0.2, -0.15) is 0 Å². The summed E-state index contributed by atoms with van der Waals surface area (Å²) in [4.78, 5) is 6.22. The molecule has 0 aromatic heterocycles. The van der Waals surface area contributed by atoms with Gasteiger partial charge in [-0.3, -0.25) is 0 Å². The van der Waals surface area contributed by atoms with Crippen LogP contribution in [0.3, 0.4) is 0 Å². The zero-order valence-electron chi connectivity index (χ0n) is 15.4. The molecule has 136 valence electrons. The molecule has 3 heteroatoms. The molecule has 1 saturated carbocycles. The van der Waals surface area contributed by atoms with E-state index in [4.69, 9.17) is 4.99 Å². The number of rotatable bonds is 6. The lowest BCUT2D eigenvalue weighted by atomic mass is 9.91. The largest absolute Gasteiger partial charge is 0.242 e. The Labute approximate surface area is 166 Å². The molecular formula is C23H27NS2. The molecule has 1 nitrogen and oxygen atoms in total. The Morgan fingerprint density at radius 1 is 0.962 bits per heavy atom. The lowest BCUT2D eigenvalue weighted by molar-refractivity contribution is 0.391. The minimum atomic E-state index is 0.851. The SMILES string of the molecule is CC(=C\Sc1ccccc1)/C(=N\c1ccccc1)SCC1CCCCC1. The van der Waals surface area contributed by atoms with Gasteiger partial charge in [0.05, 0.1) is 5.69 Å². The van der Waals surface area contributed by atoms with Crippen molar-refractivity contribution in [2.75, 3.05) is 5.75 Å². The van der Waals surface area contributed by atoms with E-state index in [2.05, 4.69) is 66.9 Å². The summed E-state index contributed by atoms with van der Waals surface area (Å²) in [5.41, 5.74) is 2.29. The number of aliphatic imine (C=N–C) groups is 1. The van der Waals surface area contributed by atoms with Gasteiger partial charge in [-0.25, -0.2) is 4.99 Å². The molecule has 0 atom stereocenters. The van der Waals surface area contributed by atoms with E-state index in [0.717, 1.165) is 16.6 Å². The fraction of sp³-hybridized carbons (Fsp3) is 0.348. The second-order valence-electron chi connectivity index (χ2n) is 6.80. The third-order valence-electron chi connectivity index (χ3n) is 4.62. The summed E-state index contributed by atoms with van der Waals surface area (Å²) >= 11 is 3.71. The zero-order valence-corrected chi connectivity index (χ0v) is 17.1. The first-order chi connectivity index (χ1) is 12.8. The molecule has 0 unspecified atom stereocenters. The van der Waals surface area contributed by atoms with Crippen molar-refractivity contribution in [2.24, 2.45) is 10.9 Å². The molecule has 0 amide bonds. The predicted octanol–water partition coefficient (Wildman–Crippen LogP) is 7.73. The fourth-order valence-corrected chi connectivity index (χ4v) is 5.11. The molecule has 0 spiro atoms.